The lowest BCUT2D eigenvalue weighted by molar-refractivity contribution is -0.0142. The van der Waals surface area contributed by atoms with Crippen LogP contribution in [0.2, 0.25) is 0 Å². The number of ether oxygens (including phenoxy) is 2. The van der Waals surface area contributed by atoms with Crippen LogP contribution < -0.4 is 9.47 Å². The Balaban J connectivity index is 1.18. The molecule has 5 aliphatic heterocycles. The van der Waals surface area contributed by atoms with Gasteiger partial charge >= 0.3 is 0 Å². The normalized spacial score (nSPS) is 31.1. The van der Waals surface area contributed by atoms with Crippen LogP contribution in [0.5, 0.6) is 11.5 Å². The summed E-state index contributed by atoms with van der Waals surface area (Å²) in [5.74, 6) is 2.66. The third kappa shape index (κ3) is 3.48. The Morgan fingerprint density at radius 3 is 2.59 bits per heavy atom. The van der Waals surface area contributed by atoms with Crippen molar-refractivity contribution < 1.29 is 9.47 Å². The van der Waals surface area contributed by atoms with E-state index in [1.807, 2.05) is 12.1 Å². The van der Waals surface area contributed by atoms with Crippen LogP contribution in [0.1, 0.15) is 18.4 Å². The van der Waals surface area contributed by atoms with E-state index >= 15 is 0 Å². The van der Waals surface area contributed by atoms with Crippen molar-refractivity contribution in [1.82, 2.24) is 14.7 Å². The predicted octanol–water partition coefficient (Wildman–Crippen LogP) is 2.18. The van der Waals surface area contributed by atoms with Crippen LogP contribution in [0.3, 0.4) is 0 Å². The number of piperazine rings is 1. The fourth-order valence-corrected chi connectivity index (χ4v) is 5.37. The highest BCUT2D eigenvalue weighted by atomic mass is 16.5. The number of fused-ring (bicyclic) bond motifs is 4. The highest BCUT2D eigenvalue weighted by Crippen LogP contribution is 2.36. The summed E-state index contributed by atoms with van der Waals surface area (Å²) in [6, 6.07) is 6.92. The van der Waals surface area contributed by atoms with Crippen LogP contribution in [0.25, 0.3) is 6.08 Å². The molecule has 1 unspecified atom stereocenters. The summed E-state index contributed by atoms with van der Waals surface area (Å²) in [6.07, 6.45) is 5.12. The predicted molar refractivity (Wildman–Crippen MR) is 107 cm³/mol. The summed E-state index contributed by atoms with van der Waals surface area (Å²) >= 11 is 0. The molecule has 27 heavy (non-hydrogen) atoms. The summed E-state index contributed by atoms with van der Waals surface area (Å²) in [6.45, 7) is 10.4. The van der Waals surface area contributed by atoms with Crippen molar-refractivity contribution in [3.63, 3.8) is 0 Å². The SMILES string of the molecule is COc1cccc2c1OCC(CN1CCN(C3CN4CCC3CC4)CC1)=C2. The van der Waals surface area contributed by atoms with Gasteiger partial charge in [0.1, 0.15) is 6.61 Å². The zero-order valence-electron chi connectivity index (χ0n) is 16.4. The average molecular weight is 370 g/mol. The molecule has 0 aliphatic carbocycles. The van der Waals surface area contributed by atoms with Crippen molar-refractivity contribution in [2.45, 2.75) is 18.9 Å². The van der Waals surface area contributed by atoms with E-state index in [1.54, 1.807) is 7.11 Å². The third-order valence-electron chi connectivity index (χ3n) is 6.92. The molecule has 5 heterocycles. The summed E-state index contributed by atoms with van der Waals surface area (Å²) < 4.78 is 11.4. The van der Waals surface area contributed by atoms with E-state index in [-0.39, 0.29) is 0 Å². The van der Waals surface area contributed by atoms with Gasteiger partial charge in [-0.25, -0.2) is 0 Å². The monoisotopic (exact) mass is 369 g/mol. The highest BCUT2D eigenvalue weighted by Gasteiger charge is 2.38. The van der Waals surface area contributed by atoms with Gasteiger partial charge in [-0.05, 0) is 49.6 Å². The average Bonchev–Trinajstić information content (AvgIpc) is 2.74. The summed E-state index contributed by atoms with van der Waals surface area (Å²) in [5.41, 5.74) is 2.51. The van der Waals surface area contributed by atoms with Gasteiger partial charge in [-0.2, -0.15) is 0 Å². The lowest BCUT2D eigenvalue weighted by Gasteiger charge is -2.51. The van der Waals surface area contributed by atoms with Gasteiger partial charge in [0.2, 0.25) is 0 Å². The quantitative estimate of drug-likeness (QED) is 0.811. The maximum absolute atomic E-state index is 6.01. The zero-order chi connectivity index (χ0) is 18.2. The minimum Gasteiger partial charge on any atom is -0.493 e. The standard InChI is InChI=1S/C22H31N3O2/c1-26-21-4-2-3-19-13-17(16-27-22(19)21)14-24-9-11-25(12-10-24)20-15-23-7-5-18(20)6-8-23/h2-4,13,18,20H,5-12,14-16H2,1H3. The number of rotatable bonds is 4. The first-order valence-electron chi connectivity index (χ1n) is 10.5. The second kappa shape index (κ2) is 7.46. The number of para-hydroxylation sites is 1. The van der Waals surface area contributed by atoms with Crippen LogP contribution in [0.15, 0.2) is 23.8 Å². The van der Waals surface area contributed by atoms with Gasteiger partial charge in [-0.1, -0.05) is 12.1 Å². The minimum atomic E-state index is 0.674. The summed E-state index contributed by atoms with van der Waals surface area (Å²) in [5, 5.41) is 0. The molecular formula is C22H31N3O2. The van der Waals surface area contributed by atoms with Gasteiger partial charge in [0.15, 0.2) is 11.5 Å². The topological polar surface area (TPSA) is 28.2 Å². The molecule has 2 bridgehead atoms. The number of hydrogen-bond acceptors (Lipinski definition) is 5. The highest BCUT2D eigenvalue weighted by molar-refractivity contribution is 5.66. The second-order valence-corrected chi connectivity index (χ2v) is 8.49. The van der Waals surface area contributed by atoms with Crippen LogP contribution in [-0.2, 0) is 0 Å². The van der Waals surface area contributed by atoms with Crippen LogP contribution >= 0.6 is 0 Å². The maximum Gasteiger partial charge on any atom is 0.168 e. The van der Waals surface area contributed by atoms with Crippen LogP contribution in [0.4, 0.5) is 0 Å². The first-order chi connectivity index (χ1) is 13.3. The van der Waals surface area contributed by atoms with Crippen LogP contribution in [-0.4, -0.2) is 86.8 Å². The molecule has 1 aromatic carbocycles. The molecule has 1 aromatic rings. The molecule has 0 saturated carbocycles. The van der Waals surface area contributed by atoms with E-state index < -0.39 is 0 Å². The zero-order valence-corrected chi connectivity index (χ0v) is 16.4. The molecule has 1 atom stereocenters. The molecule has 5 aliphatic rings. The Bertz CT molecular complexity index is 704. The van der Waals surface area contributed by atoms with E-state index in [0.717, 1.165) is 35.6 Å². The van der Waals surface area contributed by atoms with Crippen molar-refractivity contribution in [1.29, 1.82) is 0 Å². The van der Waals surface area contributed by atoms with E-state index in [4.69, 9.17) is 9.47 Å². The number of benzene rings is 1. The molecule has 0 aromatic heterocycles. The van der Waals surface area contributed by atoms with Gasteiger partial charge in [0, 0.05) is 50.9 Å². The second-order valence-electron chi connectivity index (χ2n) is 8.49. The minimum absolute atomic E-state index is 0.674. The van der Waals surface area contributed by atoms with Crippen LogP contribution in [0, 0.1) is 5.92 Å². The molecular weight excluding hydrogens is 338 g/mol. The van der Waals surface area contributed by atoms with Crippen molar-refractivity contribution in [2.24, 2.45) is 5.92 Å². The Morgan fingerprint density at radius 2 is 1.89 bits per heavy atom. The lowest BCUT2D eigenvalue weighted by atomic mass is 9.83. The van der Waals surface area contributed by atoms with Crippen molar-refractivity contribution >= 4 is 6.08 Å². The number of piperidine rings is 3. The maximum atomic E-state index is 6.01. The Hall–Kier alpha value is -1.56. The smallest absolute Gasteiger partial charge is 0.168 e. The van der Waals surface area contributed by atoms with Gasteiger partial charge in [0.05, 0.1) is 7.11 Å². The molecule has 0 radical (unpaired) electrons. The number of nitrogens with zero attached hydrogens (tertiary/aromatic N) is 3. The largest absolute Gasteiger partial charge is 0.493 e. The Labute approximate surface area is 162 Å². The third-order valence-corrected chi connectivity index (χ3v) is 6.92. The first kappa shape index (κ1) is 17.5. The number of methoxy groups -OCH3 is 1. The van der Waals surface area contributed by atoms with E-state index in [9.17, 15) is 0 Å². The summed E-state index contributed by atoms with van der Waals surface area (Å²) in [7, 11) is 1.70. The Morgan fingerprint density at radius 1 is 1.07 bits per heavy atom. The van der Waals surface area contributed by atoms with Gasteiger partial charge in [0.25, 0.3) is 0 Å². The molecule has 5 nitrogen and oxygen atoms in total. The van der Waals surface area contributed by atoms with E-state index in [1.165, 1.54) is 64.2 Å². The molecule has 6 rings (SSSR count). The van der Waals surface area contributed by atoms with Crippen molar-refractivity contribution in [2.75, 3.05) is 66.1 Å². The van der Waals surface area contributed by atoms with Crippen molar-refractivity contribution in [3.8, 4) is 11.5 Å². The van der Waals surface area contributed by atoms with Gasteiger partial charge < -0.3 is 14.4 Å². The molecule has 4 fully saturated rings. The fraction of sp³-hybridized carbons (Fsp3) is 0.636. The summed E-state index contributed by atoms with van der Waals surface area (Å²) in [4.78, 5) is 8.05. The molecule has 146 valence electrons. The first-order valence-corrected chi connectivity index (χ1v) is 10.5. The fourth-order valence-electron chi connectivity index (χ4n) is 5.37. The molecule has 0 amide bonds. The molecule has 0 spiro atoms. The molecule has 4 saturated heterocycles. The lowest BCUT2D eigenvalue weighted by Crippen LogP contribution is -2.61. The van der Waals surface area contributed by atoms with Crippen molar-refractivity contribution in [3.05, 3.63) is 29.3 Å². The van der Waals surface area contributed by atoms with E-state index in [2.05, 4.69) is 26.8 Å². The molecule has 0 N–H and O–H groups in total. The Kier molecular flexibility index (Phi) is 4.84. The molecule has 5 heteroatoms. The number of hydrogen-bond donors (Lipinski definition) is 0. The van der Waals surface area contributed by atoms with Gasteiger partial charge in [-0.3, -0.25) is 9.80 Å². The van der Waals surface area contributed by atoms with Gasteiger partial charge in [-0.15, -0.1) is 0 Å². The van der Waals surface area contributed by atoms with E-state index in [0.29, 0.717) is 6.61 Å².